The lowest BCUT2D eigenvalue weighted by atomic mass is 10.2. The molecule has 2 aromatic rings. The van der Waals surface area contributed by atoms with Gasteiger partial charge in [-0.15, -0.1) is 11.8 Å². The maximum absolute atomic E-state index is 12.7. The Labute approximate surface area is 166 Å². The molecule has 0 aromatic heterocycles. The van der Waals surface area contributed by atoms with Crippen molar-refractivity contribution in [1.82, 2.24) is 0 Å². The fraction of sp³-hybridized carbons (Fsp3) is 0.263. The van der Waals surface area contributed by atoms with Crippen LogP contribution in [0.3, 0.4) is 0 Å². The molecule has 3 rings (SSSR count). The molecule has 1 aliphatic rings. The molecule has 1 amide bonds. The van der Waals surface area contributed by atoms with Crippen molar-refractivity contribution in [2.75, 3.05) is 18.1 Å². The van der Waals surface area contributed by atoms with E-state index in [0.29, 0.717) is 16.8 Å². The number of amides is 1. The van der Waals surface area contributed by atoms with Gasteiger partial charge in [-0.05, 0) is 36.8 Å². The number of rotatable bonds is 3. The van der Waals surface area contributed by atoms with Crippen LogP contribution in [-0.2, 0) is 9.53 Å². The van der Waals surface area contributed by atoms with Gasteiger partial charge in [-0.25, -0.2) is 4.79 Å². The second-order valence-electron chi connectivity index (χ2n) is 5.94. The molecule has 0 radical (unpaired) electrons. The standard InChI is InChI=1S/C19H17Cl2NO3S/c1-12-8-9-22(16-4-2-3-5-17(16)26-12)18(23)11-25-19(24)13-6-7-14(20)15(21)10-13/h2-7,10,12H,8-9,11H2,1H3/t12-/m1/s1. The first-order valence-corrected chi connectivity index (χ1v) is 9.77. The topological polar surface area (TPSA) is 46.6 Å². The Balaban J connectivity index is 1.70. The molecule has 4 nitrogen and oxygen atoms in total. The van der Waals surface area contributed by atoms with E-state index in [2.05, 4.69) is 6.92 Å². The Morgan fingerprint density at radius 1 is 1.19 bits per heavy atom. The van der Waals surface area contributed by atoms with Crippen molar-refractivity contribution in [2.24, 2.45) is 0 Å². The first kappa shape index (κ1) is 19.1. The summed E-state index contributed by atoms with van der Waals surface area (Å²) in [5.41, 5.74) is 1.12. The summed E-state index contributed by atoms with van der Waals surface area (Å²) in [7, 11) is 0. The largest absolute Gasteiger partial charge is 0.452 e. The van der Waals surface area contributed by atoms with Crippen molar-refractivity contribution in [3.63, 3.8) is 0 Å². The van der Waals surface area contributed by atoms with Gasteiger partial charge in [0.15, 0.2) is 6.61 Å². The van der Waals surface area contributed by atoms with E-state index < -0.39 is 5.97 Å². The van der Waals surface area contributed by atoms with Crippen molar-refractivity contribution in [1.29, 1.82) is 0 Å². The van der Waals surface area contributed by atoms with Crippen molar-refractivity contribution < 1.29 is 14.3 Å². The van der Waals surface area contributed by atoms with Gasteiger partial charge in [0.1, 0.15) is 0 Å². The van der Waals surface area contributed by atoms with E-state index in [1.165, 1.54) is 18.2 Å². The third-order valence-corrected chi connectivity index (χ3v) is 6.00. The van der Waals surface area contributed by atoms with Crippen LogP contribution in [0.1, 0.15) is 23.7 Å². The lowest BCUT2D eigenvalue weighted by molar-refractivity contribution is -0.121. The van der Waals surface area contributed by atoms with Crippen molar-refractivity contribution >= 4 is 52.5 Å². The summed E-state index contributed by atoms with van der Waals surface area (Å²) < 4.78 is 5.18. The van der Waals surface area contributed by atoms with E-state index in [9.17, 15) is 9.59 Å². The summed E-state index contributed by atoms with van der Waals surface area (Å²) in [6.07, 6.45) is 0.867. The zero-order chi connectivity index (χ0) is 18.7. The number of benzene rings is 2. The summed E-state index contributed by atoms with van der Waals surface area (Å²) in [6.45, 7) is 2.40. The van der Waals surface area contributed by atoms with Gasteiger partial charge in [0.05, 0.1) is 21.3 Å². The number of ether oxygens (including phenoxy) is 1. The number of para-hydroxylation sites is 1. The number of hydrogen-bond donors (Lipinski definition) is 0. The summed E-state index contributed by atoms with van der Waals surface area (Å²) in [6, 6.07) is 12.2. The normalized spacial score (nSPS) is 16.6. The molecular weight excluding hydrogens is 393 g/mol. The third kappa shape index (κ3) is 4.34. The smallest absolute Gasteiger partial charge is 0.338 e. The van der Waals surface area contributed by atoms with Gasteiger partial charge < -0.3 is 9.64 Å². The second kappa shape index (κ2) is 8.33. The zero-order valence-corrected chi connectivity index (χ0v) is 16.4. The van der Waals surface area contributed by atoms with Crippen LogP contribution in [0.15, 0.2) is 47.4 Å². The fourth-order valence-electron chi connectivity index (χ4n) is 2.66. The summed E-state index contributed by atoms with van der Waals surface area (Å²) in [5, 5.41) is 1.03. The zero-order valence-electron chi connectivity index (χ0n) is 14.1. The number of halogens is 2. The molecule has 0 unspecified atom stereocenters. The molecule has 0 spiro atoms. The molecule has 0 saturated carbocycles. The van der Waals surface area contributed by atoms with E-state index in [4.69, 9.17) is 27.9 Å². The minimum atomic E-state index is -0.609. The van der Waals surface area contributed by atoms with Gasteiger partial charge in [0.2, 0.25) is 0 Å². The highest BCUT2D eigenvalue weighted by Gasteiger charge is 2.25. The Kier molecular flexibility index (Phi) is 6.12. The Morgan fingerprint density at radius 2 is 1.96 bits per heavy atom. The van der Waals surface area contributed by atoms with Crippen LogP contribution >= 0.6 is 35.0 Å². The van der Waals surface area contributed by atoms with Crippen LogP contribution in [0, 0.1) is 0 Å². The quantitative estimate of drug-likeness (QED) is 0.663. The van der Waals surface area contributed by atoms with Crippen LogP contribution in [-0.4, -0.2) is 30.3 Å². The first-order chi connectivity index (χ1) is 12.5. The molecule has 0 N–H and O–H groups in total. The highest BCUT2D eigenvalue weighted by molar-refractivity contribution is 8.00. The second-order valence-corrected chi connectivity index (χ2v) is 8.23. The lowest BCUT2D eigenvalue weighted by Gasteiger charge is -2.22. The molecule has 26 heavy (non-hydrogen) atoms. The van der Waals surface area contributed by atoms with Gasteiger partial charge in [-0.1, -0.05) is 42.3 Å². The molecule has 0 saturated heterocycles. The molecule has 1 heterocycles. The SMILES string of the molecule is C[C@@H]1CCN(C(=O)COC(=O)c2ccc(Cl)c(Cl)c2)c2ccccc2S1. The van der Waals surface area contributed by atoms with E-state index in [-0.39, 0.29) is 23.1 Å². The molecule has 1 aliphatic heterocycles. The van der Waals surface area contributed by atoms with E-state index in [1.54, 1.807) is 16.7 Å². The monoisotopic (exact) mass is 409 g/mol. The minimum absolute atomic E-state index is 0.249. The van der Waals surface area contributed by atoms with Crippen LogP contribution in [0.2, 0.25) is 10.0 Å². The third-order valence-electron chi connectivity index (χ3n) is 4.03. The lowest BCUT2D eigenvalue weighted by Crippen LogP contribution is -2.35. The molecule has 0 bridgehead atoms. The number of hydrogen-bond acceptors (Lipinski definition) is 4. The van der Waals surface area contributed by atoms with E-state index in [0.717, 1.165) is 17.0 Å². The number of carbonyl (C=O) groups excluding carboxylic acids is 2. The number of fused-ring (bicyclic) bond motifs is 1. The van der Waals surface area contributed by atoms with Gasteiger partial charge >= 0.3 is 5.97 Å². The summed E-state index contributed by atoms with van der Waals surface area (Å²) in [5.74, 6) is -0.858. The maximum Gasteiger partial charge on any atom is 0.338 e. The number of esters is 1. The number of carbonyl (C=O) groups is 2. The van der Waals surface area contributed by atoms with E-state index in [1.807, 2.05) is 24.3 Å². The number of anilines is 1. The number of nitrogens with zero attached hydrogens (tertiary/aromatic N) is 1. The van der Waals surface area contributed by atoms with Crippen LogP contribution in [0.25, 0.3) is 0 Å². The Bertz CT molecular complexity index is 843. The van der Waals surface area contributed by atoms with Crippen LogP contribution in [0.4, 0.5) is 5.69 Å². The van der Waals surface area contributed by atoms with Crippen molar-refractivity contribution in [2.45, 2.75) is 23.5 Å². The van der Waals surface area contributed by atoms with Gasteiger partial charge in [-0.3, -0.25) is 4.79 Å². The molecule has 136 valence electrons. The summed E-state index contributed by atoms with van der Waals surface area (Å²) >= 11 is 13.5. The highest BCUT2D eigenvalue weighted by atomic mass is 35.5. The van der Waals surface area contributed by atoms with Gasteiger partial charge in [0, 0.05) is 16.7 Å². The average molecular weight is 410 g/mol. The van der Waals surface area contributed by atoms with Crippen molar-refractivity contribution in [3.8, 4) is 0 Å². The molecule has 0 aliphatic carbocycles. The predicted octanol–water partition coefficient (Wildman–Crippen LogP) is 5.07. The molecule has 2 aromatic carbocycles. The van der Waals surface area contributed by atoms with Gasteiger partial charge in [0.25, 0.3) is 5.91 Å². The molecule has 7 heteroatoms. The fourth-order valence-corrected chi connectivity index (χ4v) is 4.07. The summed E-state index contributed by atoms with van der Waals surface area (Å²) in [4.78, 5) is 27.6. The average Bonchev–Trinajstić information content (AvgIpc) is 2.80. The predicted molar refractivity (Wildman–Crippen MR) is 105 cm³/mol. The Hall–Kier alpha value is -1.69. The molecule has 1 atom stereocenters. The molecule has 0 fully saturated rings. The van der Waals surface area contributed by atoms with Crippen LogP contribution in [0.5, 0.6) is 0 Å². The first-order valence-electron chi connectivity index (χ1n) is 8.14. The maximum atomic E-state index is 12.7. The minimum Gasteiger partial charge on any atom is -0.452 e. The number of thioether (sulfide) groups is 1. The van der Waals surface area contributed by atoms with Gasteiger partial charge in [-0.2, -0.15) is 0 Å². The molecular formula is C19H17Cl2NO3S. The highest BCUT2D eigenvalue weighted by Crippen LogP contribution is 2.37. The Morgan fingerprint density at radius 3 is 2.73 bits per heavy atom. The van der Waals surface area contributed by atoms with Crippen LogP contribution < -0.4 is 4.90 Å². The van der Waals surface area contributed by atoms with Crippen molar-refractivity contribution in [3.05, 3.63) is 58.1 Å². The van der Waals surface area contributed by atoms with E-state index >= 15 is 0 Å².